The highest BCUT2D eigenvalue weighted by Gasteiger charge is 2.38. The van der Waals surface area contributed by atoms with Crippen LogP contribution in [0, 0.1) is 0 Å². The molecule has 35 heavy (non-hydrogen) atoms. The average Bonchev–Trinajstić information content (AvgIpc) is 3.28. The zero-order valence-electron chi connectivity index (χ0n) is 19.4. The van der Waals surface area contributed by atoms with Crippen molar-refractivity contribution in [3.63, 3.8) is 0 Å². The van der Waals surface area contributed by atoms with Gasteiger partial charge in [-0.1, -0.05) is 24.3 Å². The summed E-state index contributed by atoms with van der Waals surface area (Å²) in [5, 5.41) is 11.9. The van der Waals surface area contributed by atoms with Crippen LogP contribution < -0.4 is 5.32 Å². The highest BCUT2D eigenvalue weighted by molar-refractivity contribution is 5.94. The number of benzene rings is 2. The van der Waals surface area contributed by atoms with Crippen LogP contribution in [-0.4, -0.2) is 58.3 Å². The number of aromatic nitrogens is 1. The molecule has 0 aliphatic carbocycles. The maximum atomic E-state index is 12.8. The fourth-order valence-corrected chi connectivity index (χ4v) is 3.94. The number of fused-ring (bicyclic) bond motifs is 1. The maximum Gasteiger partial charge on any atom is 0.490 e. The van der Waals surface area contributed by atoms with E-state index in [1.165, 1.54) is 16.5 Å². The number of alkyl halides is 3. The number of ether oxygens (including phenoxy) is 1. The molecule has 2 atom stereocenters. The Morgan fingerprint density at radius 1 is 1.06 bits per heavy atom. The third-order valence-corrected chi connectivity index (χ3v) is 5.48. The maximum absolute atomic E-state index is 12.8. The number of nitrogens with zero attached hydrogens (tertiary/aromatic N) is 1. The number of carbonyl (C=O) groups is 2. The Hall–Kier alpha value is -3.37. The summed E-state index contributed by atoms with van der Waals surface area (Å²) in [5.41, 5.74) is 4.35. The summed E-state index contributed by atoms with van der Waals surface area (Å²) in [6, 6.07) is 16.3. The minimum atomic E-state index is -5.08. The number of carbonyl (C=O) groups excluding carboxylic acids is 1. The van der Waals surface area contributed by atoms with Crippen LogP contribution >= 0.6 is 0 Å². The van der Waals surface area contributed by atoms with Crippen LogP contribution in [0.2, 0.25) is 0 Å². The molecular formula is C25H28F3N3O4. The Morgan fingerprint density at radius 3 is 2.29 bits per heavy atom. The number of nitrogens with one attached hydrogen (secondary N) is 2. The first-order valence-electron chi connectivity index (χ1n) is 11.1. The normalized spacial score (nSPS) is 18.1. The van der Waals surface area contributed by atoms with Crippen LogP contribution in [0.1, 0.15) is 35.3 Å². The van der Waals surface area contributed by atoms with Crippen molar-refractivity contribution in [2.75, 3.05) is 13.1 Å². The Morgan fingerprint density at radius 2 is 1.69 bits per heavy atom. The minimum absolute atomic E-state index is 0.0839. The number of carboxylic acids is 1. The molecule has 1 aromatic heterocycles. The Balaban J connectivity index is 0.000000429. The molecule has 2 heterocycles. The predicted molar refractivity (Wildman–Crippen MR) is 125 cm³/mol. The molecule has 1 amide bonds. The summed E-state index contributed by atoms with van der Waals surface area (Å²) < 4.78 is 37.5. The molecule has 0 radical (unpaired) electrons. The molecule has 188 valence electrons. The number of aromatic amines is 1. The molecule has 1 saturated heterocycles. The molecule has 2 unspecified atom stereocenters. The van der Waals surface area contributed by atoms with Crippen molar-refractivity contribution < 1.29 is 32.6 Å². The van der Waals surface area contributed by atoms with Gasteiger partial charge in [-0.3, -0.25) is 4.79 Å². The molecule has 3 aromatic rings. The van der Waals surface area contributed by atoms with E-state index in [1.807, 2.05) is 49.2 Å². The Labute approximate surface area is 200 Å². The standard InChI is InChI=1S/C23H27N3O2.C2HF3O2/c1-16-14-26(15-17(2)28-16)23(27)19-8-6-18(7-9-19)12-24-13-20-4-3-5-22-21(20)10-11-25-22;3-2(4,5)1(6)7/h3-11,16-17,24-25H,12-15H2,1-2H3;(H,6,7). The third-order valence-electron chi connectivity index (χ3n) is 5.48. The third kappa shape index (κ3) is 7.30. The fraction of sp³-hybridized carbons (Fsp3) is 0.360. The van der Waals surface area contributed by atoms with E-state index in [2.05, 4.69) is 34.6 Å². The van der Waals surface area contributed by atoms with E-state index < -0.39 is 12.1 Å². The van der Waals surface area contributed by atoms with Gasteiger partial charge in [0.15, 0.2) is 0 Å². The lowest BCUT2D eigenvalue weighted by molar-refractivity contribution is -0.192. The summed E-state index contributed by atoms with van der Waals surface area (Å²) in [7, 11) is 0. The molecule has 0 saturated carbocycles. The van der Waals surface area contributed by atoms with E-state index in [1.54, 1.807) is 0 Å². The minimum Gasteiger partial charge on any atom is -0.475 e. The van der Waals surface area contributed by atoms with Crippen molar-refractivity contribution in [3.8, 4) is 0 Å². The van der Waals surface area contributed by atoms with Crippen molar-refractivity contribution in [2.45, 2.75) is 45.3 Å². The van der Waals surface area contributed by atoms with Crippen LogP contribution in [0.4, 0.5) is 13.2 Å². The monoisotopic (exact) mass is 491 g/mol. The van der Waals surface area contributed by atoms with Gasteiger partial charge in [-0.25, -0.2) is 4.79 Å². The van der Waals surface area contributed by atoms with Gasteiger partial charge >= 0.3 is 12.1 Å². The summed E-state index contributed by atoms with van der Waals surface area (Å²) in [6.07, 6.45) is -2.94. The van der Waals surface area contributed by atoms with Gasteiger partial charge in [0.1, 0.15) is 0 Å². The zero-order chi connectivity index (χ0) is 25.6. The van der Waals surface area contributed by atoms with E-state index in [0.29, 0.717) is 13.1 Å². The van der Waals surface area contributed by atoms with Crippen molar-refractivity contribution in [3.05, 3.63) is 71.4 Å². The van der Waals surface area contributed by atoms with Crippen molar-refractivity contribution in [1.82, 2.24) is 15.2 Å². The molecule has 1 fully saturated rings. The molecular weight excluding hydrogens is 463 g/mol. The SMILES string of the molecule is CC1CN(C(=O)c2ccc(CNCc3cccc4[nH]ccc34)cc2)CC(C)O1.O=C(O)C(F)(F)F. The van der Waals surface area contributed by atoms with E-state index >= 15 is 0 Å². The van der Waals surface area contributed by atoms with Gasteiger partial charge < -0.3 is 25.0 Å². The Bertz CT molecular complexity index is 1130. The highest BCUT2D eigenvalue weighted by Crippen LogP contribution is 2.18. The molecule has 0 spiro atoms. The number of morpholine rings is 1. The topological polar surface area (TPSA) is 94.7 Å². The van der Waals surface area contributed by atoms with E-state index in [4.69, 9.17) is 14.6 Å². The molecule has 1 aliphatic heterocycles. The largest absolute Gasteiger partial charge is 0.490 e. The summed E-state index contributed by atoms with van der Waals surface area (Å²) >= 11 is 0. The second-order valence-corrected chi connectivity index (χ2v) is 8.43. The lowest BCUT2D eigenvalue weighted by atomic mass is 10.1. The molecule has 1 aliphatic rings. The number of hydrogen-bond acceptors (Lipinski definition) is 4. The Kier molecular flexibility index (Phi) is 8.52. The quantitative estimate of drug-likeness (QED) is 0.494. The molecule has 0 bridgehead atoms. The molecule has 3 N–H and O–H groups in total. The predicted octanol–water partition coefficient (Wildman–Crippen LogP) is 4.34. The molecule has 4 rings (SSSR count). The van der Waals surface area contributed by atoms with Gasteiger partial charge in [0.2, 0.25) is 0 Å². The molecule has 7 nitrogen and oxygen atoms in total. The summed E-state index contributed by atoms with van der Waals surface area (Å²) in [4.78, 5) is 26.8. The van der Waals surface area contributed by atoms with Crippen LogP contribution in [0.3, 0.4) is 0 Å². The van der Waals surface area contributed by atoms with Crippen LogP contribution in [0.25, 0.3) is 10.9 Å². The first-order valence-corrected chi connectivity index (χ1v) is 11.1. The van der Waals surface area contributed by atoms with E-state index in [-0.39, 0.29) is 18.1 Å². The van der Waals surface area contributed by atoms with Gasteiger partial charge in [-0.05, 0) is 49.2 Å². The van der Waals surface area contributed by atoms with E-state index in [9.17, 15) is 18.0 Å². The first-order chi connectivity index (χ1) is 16.5. The van der Waals surface area contributed by atoms with Gasteiger partial charge in [-0.15, -0.1) is 0 Å². The van der Waals surface area contributed by atoms with Crippen molar-refractivity contribution >= 4 is 22.8 Å². The summed E-state index contributed by atoms with van der Waals surface area (Å²) in [5.74, 6) is -2.67. The van der Waals surface area contributed by atoms with Crippen LogP contribution in [-0.2, 0) is 22.6 Å². The van der Waals surface area contributed by atoms with E-state index in [0.717, 1.165) is 24.2 Å². The van der Waals surface area contributed by atoms with Crippen LogP contribution in [0.15, 0.2) is 54.7 Å². The number of carboxylic acid groups (broad SMARTS) is 1. The van der Waals surface area contributed by atoms with Crippen LogP contribution in [0.5, 0.6) is 0 Å². The first kappa shape index (κ1) is 26.2. The van der Waals surface area contributed by atoms with Gasteiger partial charge in [0.05, 0.1) is 12.2 Å². The summed E-state index contributed by atoms with van der Waals surface area (Å²) in [6.45, 7) is 6.89. The average molecular weight is 492 g/mol. The van der Waals surface area contributed by atoms with Gasteiger partial charge in [-0.2, -0.15) is 13.2 Å². The second kappa shape index (κ2) is 11.4. The number of amides is 1. The van der Waals surface area contributed by atoms with Gasteiger partial charge in [0, 0.05) is 48.8 Å². The lowest BCUT2D eigenvalue weighted by Gasteiger charge is -2.35. The molecule has 2 aromatic carbocycles. The smallest absolute Gasteiger partial charge is 0.475 e. The number of H-pyrrole nitrogens is 1. The number of halogens is 3. The van der Waals surface area contributed by atoms with Crippen molar-refractivity contribution in [2.24, 2.45) is 0 Å². The lowest BCUT2D eigenvalue weighted by Crippen LogP contribution is -2.48. The zero-order valence-corrected chi connectivity index (χ0v) is 19.4. The molecule has 10 heteroatoms. The number of aliphatic carboxylic acids is 1. The van der Waals surface area contributed by atoms with Crippen molar-refractivity contribution in [1.29, 1.82) is 0 Å². The number of hydrogen-bond donors (Lipinski definition) is 3. The van der Waals surface area contributed by atoms with Gasteiger partial charge in [0.25, 0.3) is 5.91 Å². The highest BCUT2D eigenvalue weighted by atomic mass is 19.4. The fourth-order valence-electron chi connectivity index (χ4n) is 3.94. The second-order valence-electron chi connectivity index (χ2n) is 8.43. The number of rotatable bonds is 5.